The second-order valence-electron chi connectivity index (χ2n) is 8.56. The molecule has 3 N–H and O–H groups in total. The van der Waals surface area contributed by atoms with Gasteiger partial charge in [0.25, 0.3) is 0 Å². The number of piperazine rings is 1. The number of aliphatic hydroxyl groups excluding tert-OH is 1. The van der Waals surface area contributed by atoms with Crippen molar-refractivity contribution in [3.8, 4) is 11.5 Å². The van der Waals surface area contributed by atoms with E-state index in [9.17, 15) is 10.2 Å². The van der Waals surface area contributed by atoms with Crippen molar-refractivity contribution >= 4 is 11.1 Å². The van der Waals surface area contributed by atoms with Crippen LogP contribution in [0.3, 0.4) is 0 Å². The maximum absolute atomic E-state index is 9.85. The summed E-state index contributed by atoms with van der Waals surface area (Å²) in [5.74, 6) is 1.11. The predicted octanol–water partition coefficient (Wildman–Crippen LogP) is 4.41. The standard InChI is InChI=1S/C29H34N2O3/c32-21-4-7-28(23-5-2-1-3-6-23)29(24-8-12-26(33)13-9-24)25-10-14-27(15-11-25)34-22-20-31-18-16-30-17-19-31/h1-3,5-6,8-15,30,32-33H,4,7,16-22H2/b29-28-. The molecule has 1 heterocycles. The van der Waals surface area contributed by atoms with Crippen LogP contribution < -0.4 is 10.1 Å². The lowest BCUT2D eigenvalue weighted by Crippen LogP contribution is -2.44. The number of allylic oxidation sites excluding steroid dienone is 1. The van der Waals surface area contributed by atoms with Crippen LogP contribution in [0.4, 0.5) is 0 Å². The highest BCUT2D eigenvalue weighted by molar-refractivity contribution is 5.98. The summed E-state index contributed by atoms with van der Waals surface area (Å²) in [5.41, 5.74) is 5.52. The summed E-state index contributed by atoms with van der Waals surface area (Å²) in [6.45, 7) is 5.97. The molecule has 0 aromatic heterocycles. The summed E-state index contributed by atoms with van der Waals surface area (Å²) in [6, 6.07) is 25.9. The summed E-state index contributed by atoms with van der Waals surface area (Å²) in [7, 11) is 0. The highest BCUT2D eigenvalue weighted by Gasteiger charge is 2.15. The average molecular weight is 459 g/mol. The zero-order chi connectivity index (χ0) is 23.6. The lowest BCUT2D eigenvalue weighted by atomic mass is 9.87. The molecule has 0 saturated carbocycles. The Bertz CT molecular complexity index is 1040. The van der Waals surface area contributed by atoms with Crippen LogP contribution >= 0.6 is 0 Å². The summed E-state index contributed by atoms with van der Waals surface area (Å²) in [4.78, 5) is 2.42. The number of ether oxygens (including phenoxy) is 1. The van der Waals surface area contributed by atoms with Crippen molar-refractivity contribution < 1.29 is 14.9 Å². The number of phenolic OH excluding ortho intramolecular Hbond substituents is 1. The van der Waals surface area contributed by atoms with Crippen LogP contribution in [-0.2, 0) is 0 Å². The van der Waals surface area contributed by atoms with E-state index in [1.807, 2.05) is 42.5 Å². The Kier molecular flexibility index (Phi) is 8.74. The molecular weight excluding hydrogens is 424 g/mol. The van der Waals surface area contributed by atoms with E-state index in [2.05, 4.69) is 34.5 Å². The van der Waals surface area contributed by atoms with Gasteiger partial charge in [-0.05, 0) is 64.9 Å². The molecule has 0 spiro atoms. The number of rotatable bonds is 10. The summed E-state index contributed by atoms with van der Waals surface area (Å²) in [5, 5.41) is 22.8. The maximum atomic E-state index is 9.85. The highest BCUT2D eigenvalue weighted by Crippen LogP contribution is 2.36. The molecule has 0 unspecified atom stereocenters. The molecule has 5 heteroatoms. The van der Waals surface area contributed by atoms with Crippen LogP contribution in [-0.4, -0.2) is 61.1 Å². The third-order valence-electron chi connectivity index (χ3n) is 6.19. The molecule has 3 aromatic carbocycles. The van der Waals surface area contributed by atoms with E-state index in [1.54, 1.807) is 12.1 Å². The van der Waals surface area contributed by atoms with Crippen LogP contribution in [0.1, 0.15) is 29.5 Å². The fraction of sp³-hybridized carbons (Fsp3) is 0.310. The lowest BCUT2D eigenvalue weighted by molar-refractivity contribution is 0.191. The van der Waals surface area contributed by atoms with Crippen molar-refractivity contribution in [2.24, 2.45) is 0 Å². The molecule has 5 nitrogen and oxygen atoms in total. The zero-order valence-electron chi connectivity index (χ0n) is 19.6. The largest absolute Gasteiger partial charge is 0.508 e. The van der Waals surface area contributed by atoms with Crippen molar-refractivity contribution in [2.45, 2.75) is 12.8 Å². The first-order chi connectivity index (χ1) is 16.7. The minimum atomic E-state index is 0.138. The molecule has 0 bridgehead atoms. The molecule has 178 valence electrons. The van der Waals surface area contributed by atoms with Gasteiger partial charge in [-0.2, -0.15) is 0 Å². The van der Waals surface area contributed by atoms with Crippen LogP contribution in [0.15, 0.2) is 78.9 Å². The van der Waals surface area contributed by atoms with Gasteiger partial charge in [-0.3, -0.25) is 4.90 Å². The molecule has 0 atom stereocenters. The number of hydrogen-bond donors (Lipinski definition) is 3. The molecule has 3 aromatic rings. The van der Waals surface area contributed by atoms with Gasteiger partial charge in [-0.15, -0.1) is 0 Å². The summed E-state index contributed by atoms with van der Waals surface area (Å²) < 4.78 is 6.03. The second kappa shape index (κ2) is 12.4. The van der Waals surface area contributed by atoms with E-state index in [4.69, 9.17) is 4.74 Å². The van der Waals surface area contributed by atoms with Crippen molar-refractivity contribution in [2.75, 3.05) is 45.9 Å². The highest BCUT2D eigenvalue weighted by atomic mass is 16.5. The predicted molar refractivity (Wildman–Crippen MR) is 138 cm³/mol. The molecule has 1 aliphatic rings. The Morgan fingerprint density at radius 1 is 0.824 bits per heavy atom. The summed E-state index contributed by atoms with van der Waals surface area (Å²) in [6.07, 6.45) is 1.43. The minimum absolute atomic E-state index is 0.138. The second-order valence-corrected chi connectivity index (χ2v) is 8.56. The number of phenols is 1. The Morgan fingerprint density at radius 3 is 2.12 bits per heavy atom. The van der Waals surface area contributed by atoms with Gasteiger partial charge in [0.2, 0.25) is 0 Å². The van der Waals surface area contributed by atoms with Crippen LogP contribution in [0.5, 0.6) is 11.5 Å². The molecule has 34 heavy (non-hydrogen) atoms. The van der Waals surface area contributed by atoms with Crippen molar-refractivity contribution in [1.29, 1.82) is 0 Å². The number of aromatic hydroxyl groups is 1. The molecule has 1 aliphatic heterocycles. The molecule has 0 aliphatic carbocycles. The van der Waals surface area contributed by atoms with Crippen LogP contribution in [0.25, 0.3) is 11.1 Å². The number of nitrogens with one attached hydrogen (secondary N) is 1. The SMILES string of the molecule is OCCC/C(=C(\c1ccc(O)cc1)c1ccc(OCCN2CCNCC2)cc1)c1ccccc1. The Labute approximate surface area is 202 Å². The molecule has 0 radical (unpaired) electrons. The van der Waals surface area contributed by atoms with E-state index < -0.39 is 0 Å². The molecule has 0 amide bonds. The zero-order valence-corrected chi connectivity index (χ0v) is 19.6. The van der Waals surface area contributed by atoms with Crippen LogP contribution in [0, 0.1) is 0 Å². The fourth-order valence-electron chi connectivity index (χ4n) is 4.40. The lowest BCUT2D eigenvalue weighted by Gasteiger charge is -2.26. The fourth-order valence-corrected chi connectivity index (χ4v) is 4.40. The third-order valence-corrected chi connectivity index (χ3v) is 6.19. The van der Waals surface area contributed by atoms with Crippen molar-refractivity contribution in [3.05, 3.63) is 95.6 Å². The molecule has 4 rings (SSSR count). The Hall–Kier alpha value is -3.12. The monoisotopic (exact) mass is 458 g/mol. The minimum Gasteiger partial charge on any atom is -0.508 e. The van der Waals surface area contributed by atoms with E-state index in [-0.39, 0.29) is 12.4 Å². The van der Waals surface area contributed by atoms with E-state index in [0.29, 0.717) is 13.0 Å². The Morgan fingerprint density at radius 2 is 1.47 bits per heavy atom. The van der Waals surface area contributed by atoms with E-state index >= 15 is 0 Å². The van der Waals surface area contributed by atoms with Gasteiger partial charge < -0.3 is 20.3 Å². The third kappa shape index (κ3) is 6.48. The van der Waals surface area contributed by atoms with Gasteiger partial charge in [0.1, 0.15) is 18.1 Å². The van der Waals surface area contributed by atoms with Gasteiger partial charge in [0.05, 0.1) is 0 Å². The van der Waals surface area contributed by atoms with E-state index in [0.717, 1.165) is 67.2 Å². The number of hydrogen-bond acceptors (Lipinski definition) is 5. The molecular formula is C29H34N2O3. The number of aliphatic hydroxyl groups is 1. The van der Waals surface area contributed by atoms with Gasteiger partial charge >= 0.3 is 0 Å². The molecule has 1 fully saturated rings. The first kappa shape index (κ1) is 24.0. The number of benzene rings is 3. The quantitative estimate of drug-likeness (QED) is 0.393. The topological polar surface area (TPSA) is 65.0 Å². The average Bonchev–Trinajstić information content (AvgIpc) is 2.89. The summed E-state index contributed by atoms with van der Waals surface area (Å²) >= 11 is 0. The normalized spacial score (nSPS) is 15.1. The van der Waals surface area contributed by atoms with Crippen molar-refractivity contribution in [1.82, 2.24) is 10.2 Å². The van der Waals surface area contributed by atoms with Gasteiger partial charge in [0.15, 0.2) is 0 Å². The smallest absolute Gasteiger partial charge is 0.119 e. The van der Waals surface area contributed by atoms with Gasteiger partial charge in [0, 0.05) is 39.3 Å². The van der Waals surface area contributed by atoms with Crippen molar-refractivity contribution in [3.63, 3.8) is 0 Å². The van der Waals surface area contributed by atoms with Crippen LogP contribution in [0.2, 0.25) is 0 Å². The maximum Gasteiger partial charge on any atom is 0.119 e. The first-order valence-electron chi connectivity index (χ1n) is 12.1. The first-order valence-corrected chi connectivity index (χ1v) is 12.1. The molecule has 1 saturated heterocycles. The number of nitrogens with zero attached hydrogens (tertiary/aromatic N) is 1. The van der Waals surface area contributed by atoms with E-state index in [1.165, 1.54) is 5.57 Å². The Balaban J connectivity index is 1.62. The van der Waals surface area contributed by atoms with Gasteiger partial charge in [-0.1, -0.05) is 54.6 Å². The van der Waals surface area contributed by atoms with Gasteiger partial charge in [-0.25, -0.2) is 0 Å².